The van der Waals surface area contributed by atoms with Crippen molar-refractivity contribution in [1.82, 2.24) is 0 Å². The highest BCUT2D eigenvalue weighted by Crippen LogP contribution is 2.24. The second kappa shape index (κ2) is 10.1. The van der Waals surface area contributed by atoms with Gasteiger partial charge in [-0.05, 0) is 22.9 Å². The molecule has 0 aliphatic heterocycles. The van der Waals surface area contributed by atoms with E-state index in [-0.39, 0.29) is 11.8 Å². The lowest BCUT2D eigenvalue weighted by Crippen LogP contribution is -2.14. The first-order valence-corrected chi connectivity index (χ1v) is 11.5. The van der Waals surface area contributed by atoms with Gasteiger partial charge in [0.2, 0.25) is 11.8 Å². The summed E-state index contributed by atoms with van der Waals surface area (Å²) in [6, 6.07) is 27.8. The fourth-order valence-electron chi connectivity index (χ4n) is 3.53. The molecule has 4 rings (SSSR count). The van der Waals surface area contributed by atoms with Gasteiger partial charge in [-0.3, -0.25) is 9.59 Å². The molecule has 0 atom stereocenters. The van der Waals surface area contributed by atoms with E-state index in [1.54, 1.807) is 11.8 Å². The second-order valence-corrected chi connectivity index (χ2v) is 8.49. The van der Waals surface area contributed by atoms with E-state index in [1.807, 2.05) is 84.9 Å². The number of amides is 2. The standard InChI is InChI=1S/C26H24N2O2S/c29-25(27-23-13-5-9-19-7-1-3-11-21(19)23)15-17-31-18-16-26(30)28-24-14-6-10-20-8-2-4-12-22(20)24/h1-14H,15-18H2,(H,27,29)(H,28,30). The minimum absolute atomic E-state index is 0.0101. The van der Waals surface area contributed by atoms with Gasteiger partial charge >= 0.3 is 0 Å². The highest BCUT2D eigenvalue weighted by Gasteiger charge is 2.08. The summed E-state index contributed by atoms with van der Waals surface area (Å²) in [7, 11) is 0. The summed E-state index contributed by atoms with van der Waals surface area (Å²) in [5.74, 6) is 1.34. The maximum Gasteiger partial charge on any atom is 0.225 e. The average molecular weight is 429 g/mol. The predicted molar refractivity (Wildman–Crippen MR) is 132 cm³/mol. The maximum atomic E-state index is 12.3. The van der Waals surface area contributed by atoms with Crippen molar-refractivity contribution in [2.45, 2.75) is 12.8 Å². The molecule has 4 nitrogen and oxygen atoms in total. The zero-order valence-electron chi connectivity index (χ0n) is 17.1. The van der Waals surface area contributed by atoms with Crippen LogP contribution in [0.1, 0.15) is 12.8 Å². The summed E-state index contributed by atoms with van der Waals surface area (Å²) in [6.07, 6.45) is 0.831. The summed E-state index contributed by atoms with van der Waals surface area (Å²) < 4.78 is 0. The fraction of sp³-hybridized carbons (Fsp3) is 0.154. The molecule has 156 valence electrons. The Labute approximate surface area is 186 Å². The van der Waals surface area contributed by atoms with E-state index in [2.05, 4.69) is 10.6 Å². The van der Waals surface area contributed by atoms with Crippen molar-refractivity contribution in [2.24, 2.45) is 0 Å². The first-order valence-electron chi connectivity index (χ1n) is 10.3. The highest BCUT2D eigenvalue weighted by molar-refractivity contribution is 7.99. The van der Waals surface area contributed by atoms with E-state index in [0.29, 0.717) is 24.3 Å². The van der Waals surface area contributed by atoms with Gasteiger partial charge in [0.15, 0.2) is 0 Å². The summed E-state index contributed by atoms with van der Waals surface area (Å²) in [4.78, 5) is 24.6. The van der Waals surface area contributed by atoms with Gasteiger partial charge < -0.3 is 10.6 Å². The van der Waals surface area contributed by atoms with Crippen molar-refractivity contribution in [2.75, 3.05) is 22.1 Å². The van der Waals surface area contributed by atoms with E-state index in [1.165, 1.54) is 0 Å². The molecule has 0 saturated carbocycles. The molecular weight excluding hydrogens is 404 g/mol. The van der Waals surface area contributed by atoms with E-state index in [4.69, 9.17) is 0 Å². The second-order valence-electron chi connectivity index (χ2n) is 7.26. The molecule has 2 N–H and O–H groups in total. The molecule has 0 aliphatic carbocycles. The number of benzene rings is 4. The zero-order chi connectivity index (χ0) is 21.5. The molecule has 2 amide bonds. The van der Waals surface area contributed by atoms with Crippen LogP contribution in [0.15, 0.2) is 84.9 Å². The monoisotopic (exact) mass is 428 g/mol. The van der Waals surface area contributed by atoms with Crippen LogP contribution < -0.4 is 10.6 Å². The molecular formula is C26H24N2O2S. The van der Waals surface area contributed by atoms with Crippen LogP contribution in [0, 0.1) is 0 Å². The van der Waals surface area contributed by atoms with Crippen LogP contribution in [0.4, 0.5) is 11.4 Å². The van der Waals surface area contributed by atoms with E-state index in [9.17, 15) is 9.59 Å². The van der Waals surface area contributed by atoms with Crippen molar-refractivity contribution in [3.05, 3.63) is 84.9 Å². The third kappa shape index (κ3) is 5.44. The van der Waals surface area contributed by atoms with E-state index in [0.717, 1.165) is 32.9 Å². The molecule has 0 heterocycles. The normalized spacial score (nSPS) is 10.8. The van der Waals surface area contributed by atoms with Gasteiger partial charge in [-0.15, -0.1) is 0 Å². The SMILES string of the molecule is O=C(CCSCCC(=O)Nc1cccc2ccccc12)Nc1cccc2ccccc12. The molecule has 0 fully saturated rings. The lowest BCUT2D eigenvalue weighted by Gasteiger charge is -2.09. The molecule has 0 unspecified atom stereocenters. The largest absolute Gasteiger partial charge is 0.325 e. The average Bonchev–Trinajstić information content (AvgIpc) is 2.79. The van der Waals surface area contributed by atoms with Gasteiger partial charge in [-0.25, -0.2) is 0 Å². The minimum Gasteiger partial charge on any atom is -0.325 e. The van der Waals surface area contributed by atoms with E-state index >= 15 is 0 Å². The van der Waals surface area contributed by atoms with Gasteiger partial charge in [0.1, 0.15) is 0 Å². The van der Waals surface area contributed by atoms with Crippen LogP contribution in [0.3, 0.4) is 0 Å². The van der Waals surface area contributed by atoms with Crippen molar-refractivity contribution in [3.63, 3.8) is 0 Å². The molecule has 4 aromatic rings. The lowest BCUT2D eigenvalue weighted by molar-refractivity contribution is -0.116. The number of carbonyl (C=O) groups excluding carboxylic acids is 2. The first-order chi connectivity index (χ1) is 15.2. The number of carbonyl (C=O) groups is 2. The van der Waals surface area contributed by atoms with E-state index < -0.39 is 0 Å². The topological polar surface area (TPSA) is 58.2 Å². The lowest BCUT2D eigenvalue weighted by atomic mass is 10.1. The first kappa shape index (κ1) is 20.9. The minimum atomic E-state index is -0.0101. The van der Waals surface area contributed by atoms with Crippen LogP contribution in [-0.4, -0.2) is 23.3 Å². The molecule has 0 saturated heterocycles. The Kier molecular flexibility index (Phi) is 6.85. The third-order valence-electron chi connectivity index (χ3n) is 5.07. The highest BCUT2D eigenvalue weighted by atomic mass is 32.2. The van der Waals surface area contributed by atoms with Gasteiger partial charge in [-0.2, -0.15) is 11.8 Å². The van der Waals surface area contributed by atoms with Crippen LogP contribution in [0.2, 0.25) is 0 Å². The Morgan fingerprint density at radius 2 is 1.00 bits per heavy atom. The summed E-state index contributed by atoms with van der Waals surface area (Å²) in [5.41, 5.74) is 1.67. The number of fused-ring (bicyclic) bond motifs is 2. The quantitative estimate of drug-likeness (QED) is 0.334. The third-order valence-corrected chi connectivity index (χ3v) is 6.06. The maximum absolute atomic E-state index is 12.3. The fourth-order valence-corrected chi connectivity index (χ4v) is 4.39. The number of thioether (sulfide) groups is 1. The molecule has 31 heavy (non-hydrogen) atoms. The summed E-state index contributed by atoms with van der Waals surface area (Å²) in [6.45, 7) is 0. The number of rotatable bonds is 8. The zero-order valence-corrected chi connectivity index (χ0v) is 18.0. The Bertz CT molecular complexity index is 1120. The van der Waals surface area contributed by atoms with Crippen LogP contribution in [0.25, 0.3) is 21.5 Å². The number of hydrogen-bond acceptors (Lipinski definition) is 3. The summed E-state index contributed by atoms with van der Waals surface area (Å²) in [5, 5.41) is 10.3. The van der Waals surface area contributed by atoms with Gasteiger partial charge in [0.05, 0.1) is 0 Å². The molecule has 0 aliphatic rings. The van der Waals surface area contributed by atoms with Crippen LogP contribution >= 0.6 is 11.8 Å². The van der Waals surface area contributed by atoms with Gasteiger partial charge in [0, 0.05) is 46.5 Å². The molecule has 4 aromatic carbocycles. The van der Waals surface area contributed by atoms with Crippen LogP contribution in [0.5, 0.6) is 0 Å². The Balaban J connectivity index is 1.20. The molecule has 0 spiro atoms. The van der Waals surface area contributed by atoms with Crippen molar-refractivity contribution < 1.29 is 9.59 Å². The molecule has 0 radical (unpaired) electrons. The predicted octanol–water partition coefficient (Wildman–Crippen LogP) is 6.08. The van der Waals surface area contributed by atoms with Gasteiger partial charge in [0.25, 0.3) is 0 Å². The molecule has 5 heteroatoms. The van der Waals surface area contributed by atoms with Crippen molar-refractivity contribution in [1.29, 1.82) is 0 Å². The smallest absolute Gasteiger partial charge is 0.225 e. The number of anilines is 2. The number of hydrogen-bond donors (Lipinski definition) is 2. The Morgan fingerprint density at radius 3 is 1.48 bits per heavy atom. The van der Waals surface area contributed by atoms with Crippen LogP contribution in [-0.2, 0) is 9.59 Å². The van der Waals surface area contributed by atoms with Crippen molar-refractivity contribution >= 4 is 56.5 Å². The molecule has 0 bridgehead atoms. The molecule has 0 aromatic heterocycles. The summed E-state index contributed by atoms with van der Waals surface area (Å²) >= 11 is 1.62. The number of nitrogens with one attached hydrogen (secondary N) is 2. The Morgan fingerprint density at radius 1 is 0.581 bits per heavy atom. The van der Waals surface area contributed by atoms with Crippen molar-refractivity contribution in [3.8, 4) is 0 Å². The Hall–Kier alpha value is -3.31. The van der Waals surface area contributed by atoms with Gasteiger partial charge in [-0.1, -0.05) is 72.8 Å².